The van der Waals surface area contributed by atoms with E-state index in [0.717, 1.165) is 39.3 Å². The molecule has 0 aliphatic rings. The molecule has 4 nitrogen and oxygen atoms in total. The molecule has 4 heteroatoms. The third-order valence-corrected chi connectivity index (χ3v) is 10.5. The summed E-state index contributed by atoms with van der Waals surface area (Å²) in [5.41, 5.74) is 11.9. The Kier molecular flexibility index (Phi) is 6.22. The van der Waals surface area contributed by atoms with Crippen molar-refractivity contribution in [3.63, 3.8) is 0 Å². The van der Waals surface area contributed by atoms with Gasteiger partial charge in [0.2, 0.25) is 0 Å². The van der Waals surface area contributed by atoms with Crippen LogP contribution in [0.2, 0.25) is 0 Å². The maximum atomic E-state index is 5.17. The lowest BCUT2D eigenvalue weighted by atomic mass is 10.0. The van der Waals surface area contributed by atoms with E-state index in [1.54, 1.807) is 0 Å². The molecule has 0 radical (unpaired) electrons. The van der Waals surface area contributed by atoms with Gasteiger partial charge in [0.25, 0.3) is 0 Å². The average molecular weight is 663 g/mol. The lowest BCUT2D eigenvalue weighted by Crippen LogP contribution is -1.99. The van der Waals surface area contributed by atoms with Gasteiger partial charge in [-0.25, -0.2) is 9.97 Å². The number of hydrogen-bond acceptors (Lipinski definition) is 2. The first kappa shape index (κ1) is 28.8. The van der Waals surface area contributed by atoms with Gasteiger partial charge >= 0.3 is 0 Å². The average Bonchev–Trinajstić information content (AvgIpc) is 3.78. The summed E-state index contributed by atoms with van der Waals surface area (Å²) < 4.78 is 4.94. The molecule has 0 saturated carbocycles. The maximum Gasteiger partial charge on any atom is 0.160 e. The second-order valence-electron chi connectivity index (χ2n) is 13.4. The molecule has 0 bridgehead atoms. The largest absolute Gasteiger partial charge is 0.307 e. The van der Waals surface area contributed by atoms with Crippen LogP contribution < -0.4 is 0 Å². The van der Waals surface area contributed by atoms with Gasteiger partial charge in [0.15, 0.2) is 5.82 Å². The smallest absolute Gasteiger partial charge is 0.160 e. The minimum absolute atomic E-state index is 0.707. The van der Waals surface area contributed by atoms with Crippen LogP contribution in [0.15, 0.2) is 182 Å². The van der Waals surface area contributed by atoms with E-state index < -0.39 is 0 Å². The molecule has 0 N–H and O–H groups in total. The molecule has 242 valence electrons. The molecule has 0 atom stereocenters. The standard InChI is InChI=1S/C48H30N4/c1-3-14-31(15-4-1)41-30-42(50-48(49-41)32-16-5-2-6-17-32)33-19-13-20-35(28-33)51-44-25-12-10-23-38(44)40-27-26-39-36-21-8-9-22-37(36)45-29-34-18-7-11-24-43(34)52(45)47(39)46(40)51/h1-30H. The Morgan fingerprint density at radius 1 is 0.346 bits per heavy atom. The van der Waals surface area contributed by atoms with Gasteiger partial charge in [-0.2, -0.15) is 0 Å². The van der Waals surface area contributed by atoms with Crippen LogP contribution in [0.1, 0.15) is 0 Å². The van der Waals surface area contributed by atoms with Crippen molar-refractivity contribution >= 4 is 59.9 Å². The Morgan fingerprint density at radius 3 is 1.69 bits per heavy atom. The molecule has 0 aliphatic carbocycles. The molecule has 52 heavy (non-hydrogen) atoms. The number of hydrogen-bond donors (Lipinski definition) is 0. The van der Waals surface area contributed by atoms with Crippen LogP contribution in [0.4, 0.5) is 0 Å². The number of pyridine rings is 1. The van der Waals surface area contributed by atoms with E-state index in [9.17, 15) is 0 Å². The molecule has 11 rings (SSSR count). The van der Waals surface area contributed by atoms with E-state index in [0.29, 0.717) is 5.82 Å². The number of aromatic nitrogens is 4. The van der Waals surface area contributed by atoms with Crippen molar-refractivity contribution in [1.82, 2.24) is 18.9 Å². The topological polar surface area (TPSA) is 35.1 Å². The Bertz CT molecular complexity index is 3110. The highest BCUT2D eigenvalue weighted by atomic mass is 15.0. The van der Waals surface area contributed by atoms with E-state index in [2.05, 4.69) is 167 Å². The molecular formula is C48H30N4. The van der Waals surface area contributed by atoms with Crippen LogP contribution in [0.25, 0.3) is 99.5 Å². The number of para-hydroxylation sites is 2. The Morgan fingerprint density at radius 2 is 0.923 bits per heavy atom. The predicted molar refractivity (Wildman–Crippen MR) is 216 cm³/mol. The van der Waals surface area contributed by atoms with E-state index in [-0.39, 0.29) is 0 Å². The van der Waals surface area contributed by atoms with Crippen molar-refractivity contribution in [2.24, 2.45) is 0 Å². The minimum Gasteiger partial charge on any atom is -0.307 e. The first-order valence-corrected chi connectivity index (χ1v) is 17.7. The SMILES string of the molecule is c1ccc(-c2cc(-c3cccc(-n4c5ccccc5c5ccc6c7ccccc7c7cc8ccccc8n7c6c54)c3)nc(-c3ccccc3)n2)cc1. The molecule has 11 aromatic rings. The first-order chi connectivity index (χ1) is 25.8. The number of rotatable bonds is 4. The molecule has 4 aromatic heterocycles. The fourth-order valence-electron chi connectivity index (χ4n) is 8.16. The van der Waals surface area contributed by atoms with E-state index in [1.165, 1.54) is 54.4 Å². The number of fused-ring (bicyclic) bond motifs is 12. The maximum absolute atomic E-state index is 5.17. The van der Waals surface area contributed by atoms with E-state index >= 15 is 0 Å². The van der Waals surface area contributed by atoms with Crippen molar-refractivity contribution in [2.75, 3.05) is 0 Å². The summed E-state index contributed by atoms with van der Waals surface area (Å²) in [6.45, 7) is 0. The normalized spacial score (nSPS) is 11.8. The number of benzene rings is 7. The highest BCUT2D eigenvalue weighted by molar-refractivity contribution is 6.25. The summed E-state index contributed by atoms with van der Waals surface area (Å²) >= 11 is 0. The number of nitrogens with zero attached hydrogens (tertiary/aromatic N) is 4. The van der Waals surface area contributed by atoms with E-state index in [1.807, 2.05) is 24.3 Å². The third-order valence-electron chi connectivity index (χ3n) is 10.5. The summed E-state index contributed by atoms with van der Waals surface area (Å²) in [4.78, 5) is 10.2. The van der Waals surface area contributed by atoms with Crippen LogP contribution >= 0.6 is 0 Å². The second-order valence-corrected chi connectivity index (χ2v) is 13.4. The molecule has 0 spiro atoms. The quantitative estimate of drug-likeness (QED) is 0.176. The zero-order valence-electron chi connectivity index (χ0n) is 28.1. The highest BCUT2D eigenvalue weighted by Crippen LogP contribution is 2.42. The Labute approximate surface area is 299 Å². The zero-order valence-corrected chi connectivity index (χ0v) is 28.1. The van der Waals surface area contributed by atoms with E-state index in [4.69, 9.17) is 9.97 Å². The Balaban J connectivity index is 1.24. The summed E-state index contributed by atoms with van der Waals surface area (Å²) in [6, 6.07) is 64.8. The van der Waals surface area contributed by atoms with Gasteiger partial charge < -0.3 is 8.97 Å². The zero-order chi connectivity index (χ0) is 34.2. The van der Waals surface area contributed by atoms with Gasteiger partial charge in [-0.3, -0.25) is 0 Å². The monoisotopic (exact) mass is 662 g/mol. The van der Waals surface area contributed by atoms with Crippen LogP contribution in [-0.2, 0) is 0 Å². The summed E-state index contributed by atoms with van der Waals surface area (Å²) in [5, 5.41) is 7.41. The molecule has 4 heterocycles. The molecule has 0 amide bonds. The third kappa shape index (κ3) is 4.28. The fourth-order valence-corrected chi connectivity index (χ4v) is 8.16. The van der Waals surface area contributed by atoms with Gasteiger partial charge in [-0.15, -0.1) is 0 Å². The molecule has 7 aromatic carbocycles. The molecule has 0 aliphatic heterocycles. The molecular weight excluding hydrogens is 633 g/mol. The van der Waals surface area contributed by atoms with Crippen LogP contribution in [-0.4, -0.2) is 18.9 Å². The van der Waals surface area contributed by atoms with Crippen LogP contribution in [0.3, 0.4) is 0 Å². The van der Waals surface area contributed by atoms with Crippen LogP contribution in [0, 0.1) is 0 Å². The van der Waals surface area contributed by atoms with Crippen LogP contribution in [0.5, 0.6) is 0 Å². The highest BCUT2D eigenvalue weighted by Gasteiger charge is 2.21. The minimum atomic E-state index is 0.707. The lowest BCUT2D eigenvalue weighted by molar-refractivity contribution is 1.16. The van der Waals surface area contributed by atoms with Crippen molar-refractivity contribution in [3.8, 4) is 39.6 Å². The summed E-state index contributed by atoms with van der Waals surface area (Å²) in [7, 11) is 0. The first-order valence-electron chi connectivity index (χ1n) is 17.7. The Hall–Kier alpha value is -7.04. The summed E-state index contributed by atoms with van der Waals surface area (Å²) in [6.07, 6.45) is 0. The van der Waals surface area contributed by atoms with Crippen molar-refractivity contribution in [1.29, 1.82) is 0 Å². The van der Waals surface area contributed by atoms with Gasteiger partial charge in [-0.1, -0.05) is 146 Å². The van der Waals surface area contributed by atoms with Crippen molar-refractivity contribution < 1.29 is 0 Å². The molecule has 0 saturated heterocycles. The molecule has 0 unspecified atom stereocenters. The van der Waals surface area contributed by atoms with Gasteiger partial charge in [0.05, 0.1) is 39.0 Å². The predicted octanol–water partition coefficient (Wildman–Crippen LogP) is 12.3. The van der Waals surface area contributed by atoms with Gasteiger partial charge in [-0.05, 0) is 41.8 Å². The summed E-state index contributed by atoms with van der Waals surface area (Å²) in [5.74, 6) is 0.707. The van der Waals surface area contributed by atoms with Gasteiger partial charge in [0.1, 0.15) is 0 Å². The fraction of sp³-hybridized carbons (Fsp3) is 0. The van der Waals surface area contributed by atoms with Crippen molar-refractivity contribution in [3.05, 3.63) is 182 Å². The van der Waals surface area contributed by atoms with Gasteiger partial charge in [0, 0.05) is 49.3 Å². The van der Waals surface area contributed by atoms with Crippen molar-refractivity contribution in [2.45, 2.75) is 0 Å². The lowest BCUT2D eigenvalue weighted by Gasteiger charge is -2.15. The second kappa shape index (κ2) is 11.2. The molecule has 0 fully saturated rings.